The highest BCUT2D eigenvalue weighted by Gasteiger charge is 2.27. The maximum atomic E-state index is 11.9. The van der Waals surface area contributed by atoms with Crippen LogP contribution in [-0.2, 0) is 20.7 Å². The second kappa shape index (κ2) is 12.6. The van der Waals surface area contributed by atoms with E-state index in [1.54, 1.807) is 20.4 Å². The number of aliphatic imine (C=N–C) groups is 1. The predicted octanol–water partition coefficient (Wildman–Crippen LogP) is 1.75. The molecular weight excluding hydrogens is 475 g/mol. The van der Waals surface area contributed by atoms with Crippen LogP contribution in [0.3, 0.4) is 0 Å². The Morgan fingerprint density at radius 3 is 2.64 bits per heavy atom. The summed E-state index contributed by atoms with van der Waals surface area (Å²) in [4.78, 5) is 31.9. The molecule has 9 heteroatoms. The number of amides is 1. The molecule has 0 aromatic carbocycles. The van der Waals surface area contributed by atoms with Crippen LogP contribution < -0.4 is 5.32 Å². The summed E-state index contributed by atoms with van der Waals surface area (Å²) >= 11 is 0. The number of nitrogens with one attached hydrogen (secondary N) is 1. The van der Waals surface area contributed by atoms with Crippen LogP contribution in [0.2, 0.25) is 0 Å². The highest BCUT2D eigenvalue weighted by molar-refractivity contribution is 14.0. The van der Waals surface area contributed by atoms with Gasteiger partial charge >= 0.3 is 5.97 Å². The lowest BCUT2D eigenvalue weighted by Gasteiger charge is -2.33. The Balaban J connectivity index is 0.00000392. The van der Waals surface area contributed by atoms with Gasteiger partial charge in [0.15, 0.2) is 5.96 Å². The SMILES string of the molecule is CCOC(=O)C1CCN(C(=NCC(=O)N(C)C)NCCc2ccco2)CC1.I. The molecule has 2 rings (SSSR count). The van der Waals surface area contributed by atoms with Gasteiger partial charge in [0.05, 0.1) is 18.8 Å². The van der Waals surface area contributed by atoms with E-state index in [9.17, 15) is 9.59 Å². The summed E-state index contributed by atoms with van der Waals surface area (Å²) in [5, 5.41) is 3.32. The molecule has 0 bridgehead atoms. The van der Waals surface area contributed by atoms with Crippen LogP contribution in [0.5, 0.6) is 0 Å². The van der Waals surface area contributed by atoms with Gasteiger partial charge in [-0.25, -0.2) is 4.99 Å². The summed E-state index contributed by atoms with van der Waals surface area (Å²) in [6, 6.07) is 3.79. The van der Waals surface area contributed by atoms with Crippen LogP contribution in [-0.4, -0.2) is 74.5 Å². The number of furan rings is 1. The number of rotatable bonds is 7. The standard InChI is InChI=1S/C19H30N4O4.HI/c1-4-26-18(25)15-8-11-23(12-9-15)19(21-14-17(24)22(2)3)20-10-7-16-6-5-13-27-16;/h5-6,13,15H,4,7-12,14H2,1-3H3,(H,20,21);1H. The summed E-state index contributed by atoms with van der Waals surface area (Å²) < 4.78 is 10.5. The molecule has 0 saturated carbocycles. The van der Waals surface area contributed by atoms with Crippen molar-refractivity contribution in [2.75, 3.05) is 46.9 Å². The minimum atomic E-state index is -0.121. The van der Waals surface area contributed by atoms with E-state index < -0.39 is 0 Å². The minimum Gasteiger partial charge on any atom is -0.469 e. The third-order valence-corrected chi connectivity index (χ3v) is 4.51. The molecule has 1 amide bonds. The summed E-state index contributed by atoms with van der Waals surface area (Å²) in [7, 11) is 3.43. The first-order chi connectivity index (χ1) is 13.0. The van der Waals surface area contributed by atoms with Gasteiger partial charge in [0.1, 0.15) is 12.3 Å². The number of guanidine groups is 1. The highest BCUT2D eigenvalue weighted by atomic mass is 127. The number of carbonyl (C=O) groups excluding carboxylic acids is 2. The van der Waals surface area contributed by atoms with E-state index in [1.807, 2.05) is 19.1 Å². The molecule has 8 nitrogen and oxygen atoms in total. The number of hydrogen-bond donors (Lipinski definition) is 1. The molecule has 28 heavy (non-hydrogen) atoms. The van der Waals surface area contributed by atoms with Crippen LogP contribution in [0.4, 0.5) is 0 Å². The van der Waals surface area contributed by atoms with Crippen LogP contribution in [0.25, 0.3) is 0 Å². The van der Waals surface area contributed by atoms with Crippen molar-refractivity contribution in [2.24, 2.45) is 10.9 Å². The normalized spacial score (nSPS) is 15.0. The topological polar surface area (TPSA) is 87.4 Å². The quantitative estimate of drug-likeness (QED) is 0.263. The Morgan fingerprint density at radius 2 is 2.07 bits per heavy atom. The molecule has 158 valence electrons. The number of hydrogen-bond acceptors (Lipinski definition) is 5. The van der Waals surface area contributed by atoms with Crippen molar-refractivity contribution in [1.29, 1.82) is 0 Å². The number of carbonyl (C=O) groups is 2. The van der Waals surface area contributed by atoms with Gasteiger partial charge in [0, 0.05) is 40.2 Å². The van der Waals surface area contributed by atoms with Crippen molar-refractivity contribution >= 4 is 41.8 Å². The summed E-state index contributed by atoms with van der Waals surface area (Å²) in [6.45, 7) is 4.38. The van der Waals surface area contributed by atoms with Crippen molar-refractivity contribution in [3.05, 3.63) is 24.2 Å². The first-order valence-electron chi connectivity index (χ1n) is 9.43. The van der Waals surface area contributed by atoms with Crippen molar-refractivity contribution < 1.29 is 18.7 Å². The summed E-state index contributed by atoms with van der Waals surface area (Å²) in [5.74, 6) is 1.35. The lowest BCUT2D eigenvalue weighted by atomic mass is 9.97. The van der Waals surface area contributed by atoms with E-state index in [2.05, 4.69) is 15.2 Å². The van der Waals surface area contributed by atoms with Gasteiger partial charge < -0.3 is 24.3 Å². The van der Waals surface area contributed by atoms with Crippen molar-refractivity contribution in [1.82, 2.24) is 15.1 Å². The van der Waals surface area contributed by atoms with Crippen molar-refractivity contribution in [2.45, 2.75) is 26.2 Å². The Bertz CT molecular complexity index is 626. The largest absolute Gasteiger partial charge is 0.469 e. The van der Waals surface area contributed by atoms with E-state index in [-0.39, 0.29) is 48.3 Å². The fourth-order valence-corrected chi connectivity index (χ4v) is 2.89. The molecule has 1 aliphatic rings. The first-order valence-corrected chi connectivity index (χ1v) is 9.43. The van der Waals surface area contributed by atoms with Crippen LogP contribution in [0.15, 0.2) is 27.8 Å². The van der Waals surface area contributed by atoms with Gasteiger partial charge in [0.2, 0.25) is 5.91 Å². The van der Waals surface area contributed by atoms with Crippen molar-refractivity contribution in [3.63, 3.8) is 0 Å². The van der Waals surface area contributed by atoms with Gasteiger partial charge in [-0.2, -0.15) is 0 Å². The second-order valence-electron chi connectivity index (χ2n) is 6.70. The number of ether oxygens (including phenoxy) is 1. The number of likely N-dealkylation sites (N-methyl/N-ethyl adjacent to an activating group) is 1. The number of esters is 1. The van der Waals surface area contributed by atoms with Crippen LogP contribution >= 0.6 is 24.0 Å². The molecule has 0 unspecified atom stereocenters. The molecule has 1 saturated heterocycles. The predicted molar refractivity (Wildman–Crippen MR) is 118 cm³/mol. The van der Waals surface area contributed by atoms with Gasteiger partial charge in [-0.3, -0.25) is 9.59 Å². The molecular formula is C19H31IN4O4. The third-order valence-electron chi connectivity index (χ3n) is 4.51. The Labute approximate surface area is 183 Å². The molecule has 2 heterocycles. The minimum absolute atomic E-state index is 0. The van der Waals surface area contributed by atoms with E-state index in [0.29, 0.717) is 32.2 Å². The first kappa shape index (κ1) is 24.3. The fraction of sp³-hybridized carbons (Fsp3) is 0.632. The summed E-state index contributed by atoms with van der Waals surface area (Å²) in [5.41, 5.74) is 0. The maximum absolute atomic E-state index is 11.9. The lowest BCUT2D eigenvalue weighted by Crippen LogP contribution is -2.47. The van der Waals surface area contributed by atoms with E-state index in [4.69, 9.17) is 9.15 Å². The van der Waals surface area contributed by atoms with Gasteiger partial charge in [-0.15, -0.1) is 24.0 Å². The number of halogens is 1. The zero-order chi connectivity index (χ0) is 19.6. The Kier molecular flexibility index (Phi) is 10.9. The van der Waals surface area contributed by atoms with Gasteiger partial charge in [-0.1, -0.05) is 0 Å². The molecule has 0 radical (unpaired) electrons. The molecule has 1 N–H and O–H groups in total. The number of piperidine rings is 1. The average Bonchev–Trinajstić information content (AvgIpc) is 3.18. The Hall–Kier alpha value is -1.78. The molecule has 1 aromatic heterocycles. The Morgan fingerprint density at radius 1 is 1.36 bits per heavy atom. The van der Waals surface area contributed by atoms with Gasteiger partial charge in [0.25, 0.3) is 0 Å². The fourth-order valence-electron chi connectivity index (χ4n) is 2.89. The monoisotopic (exact) mass is 506 g/mol. The van der Waals surface area contributed by atoms with E-state index in [0.717, 1.165) is 25.0 Å². The molecule has 1 aromatic rings. The zero-order valence-electron chi connectivity index (χ0n) is 16.8. The summed E-state index contributed by atoms with van der Waals surface area (Å²) in [6.07, 6.45) is 3.83. The molecule has 1 aliphatic heterocycles. The van der Waals surface area contributed by atoms with Crippen LogP contribution in [0.1, 0.15) is 25.5 Å². The number of likely N-dealkylation sites (tertiary alicyclic amines) is 1. The molecule has 0 spiro atoms. The smallest absolute Gasteiger partial charge is 0.309 e. The number of nitrogens with zero attached hydrogens (tertiary/aromatic N) is 3. The van der Waals surface area contributed by atoms with Crippen LogP contribution in [0, 0.1) is 5.92 Å². The van der Waals surface area contributed by atoms with Crippen molar-refractivity contribution in [3.8, 4) is 0 Å². The molecule has 0 aliphatic carbocycles. The third kappa shape index (κ3) is 7.69. The molecule has 0 atom stereocenters. The highest BCUT2D eigenvalue weighted by Crippen LogP contribution is 2.18. The second-order valence-corrected chi connectivity index (χ2v) is 6.70. The maximum Gasteiger partial charge on any atom is 0.309 e. The average molecular weight is 506 g/mol. The van der Waals surface area contributed by atoms with E-state index >= 15 is 0 Å². The zero-order valence-corrected chi connectivity index (χ0v) is 19.2. The lowest BCUT2D eigenvalue weighted by molar-refractivity contribution is -0.149. The van der Waals surface area contributed by atoms with E-state index in [1.165, 1.54) is 4.90 Å². The molecule has 1 fully saturated rings. The van der Waals surface area contributed by atoms with Gasteiger partial charge in [-0.05, 0) is 31.9 Å².